The van der Waals surface area contributed by atoms with Gasteiger partial charge in [0.25, 0.3) is 0 Å². The van der Waals surface area contributed by atoms with E-state index < -0.39 is 18.8 Å². The van der Waals surface area contributed by atoms with Crippen molar-refractivity contribution in [3.05, 3.63) is 47.5 Å². The molecule has 2 heterocycles. The zero-order valence-corrected chi connectivity index (χ0v) is 12.1. The standard InChI is InChI=1S/C16H16F2N2O2/c1-10-8-21-16(22-9-10)13-6-19-15(20-7-13)11-2-3-12(5-17)14(18)4-11/h2-4,6-7,10,16H,5,8-9H2,1H3. The minimum Gasteiger partial charge on any atom is -0.348 e. The Morgan fingerprint density at radius 2 is 1.86 bits per heavy atom. The van der Waals surface area contributed by atoms with E-state index in [0.29, 0.717) is 30.5 Å². The molecule has 1 fully saturated rings. The van der Waals surface area contributed by atoms with Crippen molar-refractivity contribution in [1.29, 1.82) is 0 Å². The van der Waals surface area contributed by atoms with Gasteiger partial charge in [0.05, 0.1) is 13.2 Å². The van der Waals surface area contributed by atoms with Crippen molar-refractivity contribution < 1.29 is 18.3 Å². The summed E-state index contributed by atoms with van der Waals surface area (Å²) in [5.74, 6) is 0.145. The first-order chi connectivity index (χ1) is 10.7. The maximum Gasteiger partial charge on any atom is 0.186 e. The first kappa shape index (κ1) is 15.0. The van der Waals surface area contributed by atoms with E-state index in [1.807, 2.05) is 6.92 Å². The molecule has 0 amide bonds. The molecule has 0 radical (unpaired) electrons. The summed E-state index contributed by atoms with van der Waals surface area (Å²) in [6, 6.07) is 4.23. The van der Waals surface area contributed by atoms with E-state index in [1.54, 1.807) is 18.5 Å². The molecule has 0 atom stereocenters. The monoisotopic (exact) mass is 306 g/mol. The summed E-state index contributed by atoms with van der Waals surface area (Å²) in [6.45, 7) is 2.47. The lowest BCUT2D eigenvalue weighted by molar-refractivity contribution is -0.202. The number of nitrogens with zero attached hydrogens (tertiary/aromatic N) is 2. The van der Waals surface area contributed by atoms with Gasteiger partial charge < -0.3 is 9.47 Å². The first-order valence-electron chi connectivity index (χ1n) is 7.07. The molecule has 2 aromatic rings. The van der Waals surface area contributed by atoms with Gasteiger partial charge in [0.2, 0.25) is 0 Å². The normalized spacial score (nSPS) is 21.8. The lowest BCUT2D eigenvalue weighted by atomic mass is 10.1. The Labute approximate surface area is 127 Å². The SMILES string of the molecule is CC1COC(c2cnc(-c3ccc(CF)c(F)c3)nc2)OC1. The third-order valence-corrected chi connectivity index (χ3v) is 3.46. The van der Waals surface area contributed by atoms with Gasteiger partial charge in [-0.15, -0.1) is 0 Å². The predicted molar refractivity (Wildman–Crippen MR) is 76.0 cm³/mol. The van der Waals surface area contributed by atoms with Crippen LogP contribution >= 0.6 is 0 Å². The Balaban J connectivity index is 1.78. The van der Waals surface area contributed by atoms with Gasteiger partial charge >= 0.3 is 0 Å². The topological polar surface area (TPSA) is 44.2 Å². The van der Waals surface area contributed by atoms with Gasteiger partial charge in [-0.25, -0.2) is 18.7 Å². The van der Waals surface area contributed by atoms with Crippen molar-refractivity contribution in [1.82, 2.24) is 9.97 Å². The van der Waals surface area contributed by atoms with E-state index in [1.165, 1.54) is 12.1 Å². The van der Waals surface area contributed by atoms with Gasteiger partial charge in [0, 0.05) is 35.0 Å². The average Bonchev–Trinajstić information content (AvgIpc) is 2.56. The molecule has 22 heavy (non-hydrogen) atoms. The average molecular weight is 306 g/mol. The van der Waals surface area contributed by atoms with Crippen LogP contribution in [0.15, 0.2) is 30.6 Å². The highest BCUT2D eigenvalue weighted by Crippen LogP contribution is 2.25. The highest BCUT2D eigenvalue weighted by Gasteiger charge is 2.21. The van der Waals surface area contributed by atoms with E-state index in [2.05, 4.69) is 9.97 Å². The fraction of sp³-hybridized carbons (Fsp3) is 0.375. The highest BCUT2D eigenvalue weighted by molar-refractivity contribution is 5.55. The van der Waals surface area contributed by atoms with Crippen LogP contribution in [0.5, 0.6) is 0 Å². The molecule has 0 spiro atoms. The second-order valence-electron chi connectivity index (χ2n) is 5.38. The van der Waals surface area contributed by atoms with E-state index >= 15 is 0 Å². The highest BCUT2D eigenvalue weighted by atomic mass is 19.1. The molecule has 1 aliphatic heterocycles. The second kappa shape index (κ2) is 6.46. The van der Waals surface area contributed by atoms with Crippen LogP contribution in [0, 0.1) is 11.7 Å². The van der Waals surface area contributed by atoms with Gasteiger partial charge in [-0.3, -0.25) is 0 Å². The van der Waals surface area contributed by atoms with Crippen molar-refractivity contribution in [3.8, 4) is 11.4 Å². The molecule has 0 unspecified atom stereocenters. The zero-order chi connectivity index (χ0) is 15.5. The molecular formula is C16H16F2N2O2. The lowest BCUT2D eigenvalue weighted by Gasteiger charge is -2.27. The molecule has 6 heteroatoms. The molecule has 0 bridgehead atoms. The van der Waals surface area contributed by atoms with Crippen molar-refractivity contribution in [2.24, 2.45) is 5.92 Å². The van der Waals surface area contributed by atoms with Crippen LogP contribution in [0.4, 0.5) is 8.78 Å². The van der Waals surface area contributed by atoms with Gasteiger partial charge in [-0.1, -0.05) is 19.1 Å². The summed E-state index contributed by atoms with van der Waals surface area (Å²) in [6.07, 6.45) is 2.74. The minimum absolute atomic E-state index is 0.0264. The van der Waals surface area contributed by atoms with Gasteiger partial charge in [-0.05, 0) is 6.07 Å². The van der Waals surface area contributed by atoms with Crippen LogP contribution in [0.1, 0.15) is 24.3 Å². The summed E-state index contributed by atoms with van der Waals surface area (Å²) in [4.78, 5) is 8.42. The van der Waals surface area contributed by atoms with E-state index in [0.717, 1.165) is 5.56 Å². The van der Waals surface area contributed by atoms with E-state index in [-0.39, 0.29) is 5.56 Å². The number of halogens is 2. The second-order valence-corrected chi connectivity index (χ2v) is 5.38. The molecule has 1 aromatic heterocycles. The van der Waals surface area contributed by atoms with Crippen LogP contribution in [0.2, 0.25) is 0 Å². The van der Waals surface area contributed by atoms with Gasteiger partial charge in [0.15, 0.2) is 12.1 Å². The van der Waals surface area contributed by atoms with Crippen molar-refractivity contribution in [2.75, 3.05) is 13.2 Å². The first-order valence-corrected chi connectivity index (χ1v) is 7.07. The van der Waals surface area contributed by atoms with Crippen molar-refractivity contribution in [3.63, 3.8) is 0 Å². The Hall–Kier alpha value is -1.92. The summed E-state index contributed by atoms with van der Waals surface area (Å²) < 4.78 is 37.2. The molecule has 0 N–H and O–H groups in total. The number of ether oxygens (including phenoxy) is 2. The summed E-state index contributed by atoms with van der Waals surface area (Å²) in [5.41, 5.74) is 1.25. The maximum absolute atomic E-state index is 13.6. The Morgan fingerprint density at radius 3 is 2.45 bits per heavy atom. The summed E-state index contributed by atoms with van der Waals surface area (Å²) in [7, 11) is 0. The fourth-order valence-corrected chi connectivity index (χ4v) is 2.20. The molecule has 3 rings (SSSR count). The smallest absolute Gasteiger partial charge is 0.186 e. The third kappa shape index (κ3) is 3.13. The summed E-state index contributed by atoms with van der Waals surface area (Å²) in [5, 5.41) is 0. The number of alkyl halides is 1. The fourth-order valence-electron chi connectivity index (χ4n) is 2.20. The summed E-state index contributed by atoms with van der Waals surface area (Å²) >= 11 is 0. The molecular weight excluding hydrogens is 290 g/mol. The molecule has 1 aliphatic rings. The minimum atomic E-state index is -0.833. The van der Waals surface area contributed by atoms with Crippen LogP contribution in [0.25, 0.3) is 11.4 Å². The van der Waals surface area contributed by atoms with E-state index in [9.17, 15) is 8.78 Å². The van der Waals surface area contributed by atoms with E-state index in [4.69, 9.17) is 9.47 Å². The molecule has 1 aromatic carbocycles. The molecule has 1 saturated heterocycles. The van der Waals surface area contributed by atoms with Gasteiger partial charge in [0.1, 0.15) is 12.5 Å². The Bertz CT molecular complexity index is 641. The molecule has 116 valence electrons. The van der Waals surface area contributed by atoms with Crippen LogP contribution in [0.3, 0.4) is 0 Å². The van der Waals surface area contributed by atoms with Gasteiger partial charge in [-0.2, -0.15) is 0 Å². The number of hydrogen-bond acceptors (Lipinski definition) is 4. The Morgan fingerprint density at radius 1 is 1.18 bits per heavy atom. The van der Waals surface area contributed by atoms with Crippen molar-refractivity contribution in [2.45, 2.75) is 19.9 Å². The lowest BCUT2D eigenvalue weighted by Crippen LogP contribution is -2.25. The number of hydrogen-bond donors (Lipinski definition) is 0. The largest absolute Gasteiger partial charge is 0.348 e. The molecule has 0 saturated carbocycles. The predicted octanol–water partition coefficient (Wildman–Crippen LogP) is 3.43. The van der Waals surface area contributed by atoms with Crippen LogP contribution in [-0.4, -0.2) is 23.2 Å². The number of aromatic nitrogens is 2. The van der Waals surface area contributed by atoms with Crippen LogP contribution < -0.4 is 0 Å². The molecule has 4 nitrogen and oxygen atoms in total. The van der Waals surface area contributed by atoms with Crippen LogP contribution in [-0.2, 0) is 16.1 Å². The van der Waals surface area contributed by atoms with Crippen molar-refractivity contribution >= 4 is 0 Å². The molecule has 0 aliphatic carbocycles. The number of benzene rings is 1. The zero-order valence-electron chi connectivity index (χ0n) is 12.1. The Kier molecular flexibility index (Phi) is 4.40. The quantitative estimate of drug-likeness (QED) is 0.871. The third-order valence-electron chi connectivity index (χ3n) is 3.46. The maximum atomic E-state index is 13.6. The number of rotatable bonds is 3.